The van der Waals surface area contributed by atoms with Crippen LogP contribution in [0.2, 0.25) is 0 Å². The highest BCUT2D eigenvalue weighted by Crippen LogP contribution is 2.30. The van der Waals surface area contributed by atoms with E-state index in [-0.39, 0.29) is 0 Å². The first-order chi connectivity index (χ1) is 9.32. The van der Waals surface area contributed by atoms with Crippen LogP contribution in [-0.4, -0.2) is 34.5 Å². The summed E-state index contributed by atoms with van der Waals surface area (Å²) in [7, 11) is 0. The molecule has 0 radical (unpaired) electrons. The first-order valence-electron chi connectivity index (χ1n) is 5.05. The molecule has 1 aromatic carbocycles. The minimum absolute atomic E-state index is 0.480. The number of carbonyl (C=O) groups is 3. The van der Waals surface area contributed by atoms with E-state index in [4.69, 9.17) is 9.84 Å². The molecular formula is C10H9N3O7. The lowest BCUT2D eigenvalue weighted by molar-refractivity contribution is -0.385. The number of para-hydroxylation sites is 1. The molecule has 1 rings (SSSR count). The van der Waals surface area contributed by atoms with E-state index in [1.54, 1.807) is 5.32 Å². The zero-order chi connectivity index (χ0) is 15.3. The van der Waals surface area contributed by atoms with Crippen molar-refractivity contribution >= 4 is 23.6 Å². The minimum atomic E-state index is -1.46. The quantitative estimate of drug-likeness (QED) is 0.500. The summed E-state index contributed by atoms with van der Waals surface area (Å²) in [6.45, 7) is -0.798. The largest absolute Gasteiger partial charge is 0.478 e. The Morgan fingerprint density at radius 2 is 2.05 bits per heavy atom. The number of carboxylic acid groups (broad SMARTS) is 1. The number of carboxylic acids is 1. The van der Waals surface area contributed by atoms with Crippen molar-refractivity contribution in [2.75, 3.05) is 6.61 Å². The summed E-state index contributed by atoms with van der Waals surface area (Å²) in [5, 5.41) is 21.4. The number of benzene rings is 1. The number of aromatic carboxylic acids is 1. The third-order valence-corrected chi connectivity index (χ3v) is 2.03. The van der Waals surface area contributed by atoms with Crippen LogP contribution in [0, 0.1) is 10.1 Å². The van der Waals surface area contributed by atoms with Crippen molar-refractivity contribution in [1.29, 1.82) is 0 Å². The lowest BCUT2D eigenvalue weighted by Gasteiger charge is -2.08. The Kier molecular flexibility index (Phi) is 4.56. The number of nitro groups is 1. The van der Waals surface area contributed by atoms with E-state index in [0.29, 0.717) is 0 Å². The molecule has 0 heterocycles. The van der Waals surface area contributed by atoms with Crippen molar-refractivity contribution in [2.24, 2.45) is 5.73 Å². The van der Waals surface area contributed by atoms with Crippen molar-refractivity contribution in [2.45, 2.75) is 0 Å². The number of primary amides is 1. The number of nitrogens with zero attached hydrogens (tertiary/aromatic N) is 1. The van der Waals surface area contributed by atoms with Gasteiger partial charge in [-0.05, 0) is 6.07 Å². The molecule has 10 nitrogen and oxygen atoms in total. The van der Waals surface area contributed by atoms with Crippen LogP contribution >= 0.6 is 0 Å². The van der Waals surface area contributed by atoms with Gasteiger partial charge >= 0.3 is 17.7 Å². The first-order valence-corrected chi connectivity index (χ1v) is 5.05. The Morgan fingerprint density at radius 1 is 1.40 bits per heavy atom. The number of carbonyl (C=O) groups excluding carboxylic acids is 2. The molecule has 3 amide bonds. The molecule has 4 N–H and O–H groups in total. The highest BCUT2D eigenvalue weighted by atomic mass is 16.6. The van der Waals surface area contributed by atoms with Crippen LogP contribution in [0.15, 0.2) is 18.2 Å². The van der Waals surface area contributed by atoms with Gasteiger partial charge in [0.1, 0.15) is 5.56 Å². The highest BCUT2D eigenvalue weighted by molar-refractivity contribution is 5.95. The summed E-state index contributed by atoms with van der Waals surface area (Å²) in [5.74, 6) is -3.00. The molecule has 0 aliphatic carbocycles. The SMILES string of the molecule is NC(=O)NC(=O)COc1c(C(=O)O)cccc1[N+](=O)[O-]. The Hall–Kier alpha value is -3.17. The Balaban J connectivity index is 3.02. The van der Waals surface area contributed by atoms with Crippen LogP contribution in [0.3, 0.4) is 0 Å². The number of nitrogens with two attached hydrogens (primary N) is 1. The second kappa shape index (κ2) is 6.13. The second-order valence-electron chi connectivity index (χ2n) is 3.42. The smallest absolute Gasteiger partial charge is 0.339 e. The van der Waals surface area contributed by atoms with Gasteiger partial charge in [-0.1, -0.05) is 6.07 Å². The number of imide groups is 1. The maximum atomic E-state index is 11.1. The van der Waals surface area contributed by atoms with Gasteiger partial charge in [-0.25, -0.2) is 9.59 Å². The average Bonchev–Trinajstić information content (AvgIpc) is 2.34. The molecular weight excluding hydrogens is 274 g/mol. The minimum Gasteiger partial charge on any atom is -0.478 e. The van der Waals surface area contributed by atoms with Crippen molar-refractivity contribution in [3.8, 4) is 5.75 Å². The summed E-state index contributed by atoms with van der Waals surface area (Å²) in [6, 6.07) is 2.14. The molecule has 0 saturated heterocycles. The summed E-state index contributed by atoms with van der Waals surface area (Å²) in [5.41, 5.74) is 3.60. The number of nitrogens with one attached hydrogen (secondary N) is 1. The van der Waals surface area contributed by atoms with E-state index in [9.17, 15) is 24.5 Å². The number of ether oxygens (including phenoxy) is 1. The van der Waals surface area contributed by atoms with E-state index in [2.05, 4.69) is 5.73 Å². The van der Waals surface area contributed by atoms with Gasteiger partial charge in [-0.15, -0.1) is 0 Å². The molecule has 0 spiro atoms. The van der Waals surface area contributed by atoms with E-state index in [1.165, 1.54) is 0 Å². The number of urea groups is 1. The van der Waals surface area contributed by atoms with E-state index < -0.39 is 46.4 Å². The van der Waals surface area contributed by atoms with E-state index in [0.717, 1.165) is 18.2 Å². The lowest BCUT2D eigenvalue weighted by atomic mass is 10.2. The van der Waals surface area contributed by atoms with E-state index in [1.807, 2.05) is 0 Å². The van der Waals surface area contributed by atoms with Crippen LogP contribution in [0.4, 0.5) is 10.5 Å². The molecule has 10 heteroatoms. The zero-order valence-corrected chi connectivity index (χ0v) is 9.86. The molecule has 20 heavy (non-hydrogen) atoms. The average molecular weight is 283 g/mol. The van der Waals surface area contributed by atoms with Crippen molar-refractivity contribution in [1.82, 2.24) is 5.32 Å². The van der Waals surface area contributed by atoms with Gasteiger partial charge in [0, 0.05) is 6.07 Å². The van der Waals surface area contributed by atoms with Gasteiger partial charge in [0.25, 0.3) is 5.91 Å². The van der Waals surface area contributed by atoms with Gasteiger partial charge in [0.15, 0.2) is 6.61 Å². The van der Waals surface area contributed by atoms with Gasteiger partial charge in [-0.3, -0.25) is 20.2 Å². The number of hydrogen-bond acceptors (Lipinski definition) is 6. The molecule has 0 fully saturated rings. The topological polar surface area (TPSA) is 162 Å². The Morgan fingerprint density at radius 3 is 2.55 bits per heavy atom. The predicted octanol–water partition coefficient (Wildman–Crippen LogP) is -0.133. The molecule has 0 bridgehead atoms. The number of rotatable bonds is 5. The number of amides is 3. The normalized spacial score (nSPS) is 9.60. The molecule has 1 aromatic rings. The zero-order valence-electron chi connectivity index (χ0n) is 9.86. The molecule has 0 aliphatic rings. The van der Waals surface area contributed by atoms with Crippen molar-refractivity contribution in [3.63, 3.8) is 0 Å². The summed E-state index contributed by atoms with van der Waals surface area (Å²) >= 11 is 0. The third-order valence-electron chi connectivity index (χ3n) is 2.03. The maximum Gasteiger partial charge on any atom is 0.339 e. The fraction of sp³-hybridized carbons (Fsp3) is 0.100. The number of nitro benzene ring substituents is 1. The van der Waals surface area contributed by atoms with Crippen LogP contribution in [0.25, 0.3) is 0 Å². The van der Waals surface area contributed by atoms with Gasteiger partial charge < -0.3 is 15.6 Å². The first kappa shape index (κ1) is 14.9. The predicted molar refractivity (Wildman–Crippen MR) is 63.3 cm³/mol. The third kappa shape index (κ3) is 3.66. The Bertz CT molecular complexity index is 552. The fourth-order valence-electron chi connectivity index (χ4n) is 1.30. The summed E-state index contributed by atoms with van der Waals surface area (Å²) < 4.78 is 4.81. The molecule has 0 aliphatic heterocycles. The Labute approximate surface area is 111 Å². The molecule has 0 atom stereocenters. The van der Waals surface area contributed by atoms with Gasteiger partial charge in [0.2, 0.25) is 5.75 Å². The van der Waals surface area contributed by atoms with E-state index >= 15 is 0 Å². The number of hydrogen-bond donors (Lipinski definition) is 3. The molecule has 0 unspecified atom stereocenters. The van der Waals surface area contributed by atoms with Crippen molar-refractivity contribution in [3.05, 3.63) is 33.9 Å². The summed E-state index contributed by atoms with van der Waals surface area (Å²) in [4.78, 5) is 42.4. The lowest BCUT2D eigenvalue weighted by Crippen LogP contribution is -2.38. The second-order valence-corrected chi connectivity index (χ2v) is 3.42. The van der Waals surface area contributed by atoms with Crippen molar-refractivity contribution < 1.29 is 29.2 Å². The molecule has 0 saturated carbocycles. The molecule has 0 aromatic heterocycles. The molecule has 106 valence electrons. The monoisotopic (exact) mass is 283 g/mol. The van der Waals surface area contributed by atoms with Crippen LogP contribution in [-0.2, 0) is 4.79 Å². The van der Waals surface area contributed by atoms with Gasteiger partial charge in [-0.2, -0.15) is 0 Å². The van der Waals surface area contributed by atoms with Crippen LogP contribution in [0.1, 0.15) is 10.4 Å². The maximum absolute atomic E-state index is 11.1. The fourth-order valence-corrected chi connectivity index (χ4v) is 1.30. The van der Waals surface area contributed by atoms with Crippen LogP contribution in [0.5, 0.6) is 5.75 Å². The highest BCUT2D eigenvalue weighted by Gasteiger charge is 2.23. The standard InChI is InChI=1S/C10H9N3O7/c11-10(17)12-7(14)4-20-8-5(9(15)16)2-1-3-6(8)13(18)19/h1-3H,4H2,(H,15,16)(H3,11,12,14,17). The van der Waals surface area contributed by atoms with Gasteiger partial charge in [0.05, 0.1) is 4.92 Å². The van der Waals surface area contributed by atoms with Crippen LogP contribution < -0.4 is 15.8 Å². The summed E-state index contributed by atoms with van der Waals surface area (Å²) in [6.07, 6.45) is 0.